The van der Waals surface area contributed by atoms with Crippen LogP contribution in [0.2, 0.25) is 0 Å². The van der Waals surface area contributed by atoms with Crippen molar-refractivity contribution in [2.45, 2.75) is 20.8 Å². The van der Waals surface area contributed by atoms with Crippen LogP contribution in [0.4, 0.5) is 11.6 Å². The van der Waals surface area contributed by atoms with E-state index in [0.29, 0.717) is 0 Å². The number of nitrogens with zero attached hydrogens (tertiary/aromatic N) is 4. The highest BCUT2D eigenvalue weighted by molar-refractivity contribution is 5.58. The van der Waals surface area contributed by atoms with Gasteiger partial charge < -0.3 is 15.2 Å². The Labute approximate surface area is 108 Å². The van der Waals surface area contributed by atoms with E-state index in [2.05, 4.69) is 32.1 Å². The molecule has 1 aliphatic rings. The second-order valence-corrected chi connectivity index (χ2v) is 4.63. The van der Waals surface area contributed by atoms with Gasteiger partial charge in [0.15, 0.2) is 0 Å². The number of nitrogen functional groups attached to an aromatic ring is 1. The van der Waals surface area contributed by atoms with Gasteiger partial charge in [-0.25, -0.2) is 15.8 Å². The minimum Gasteiger partial charge on any atom is -0.354 e. The van der Waals surface area contributed by atoms with E-state index in [9.17, 15) is 0 Å². The first-order valence-corrected chi connectivity index (χ1v) is 6.44. The summed E-state index contributed by atoms with van der Waals surface area (Å²) in [6.07, 6.45) is 0. The molecule has 1 saturated heterocycles. The lowest BCUT2D eigenvalue weighted by Crippen LogP contribution is -2.46. The molecule has 1 aromatic rings. The lowest BCUT2D eigenvalue weighted by atomic mass is 10.2. The van der Waals surface area contributed by atoms with Crippen molar-refractivity contribution in [3.63, 3.8) is 0 Å². The smallest absolute Gasteiger partial charge is 0.148 e. The largest absolute Gasteiger partial charge is 0.354 e. The number of hydrazine groups is 1. The second-order valence-electron chi connectivity index (χ2n) is 4.63. The molecule has 2 heterocycles. The molecular formula is C12H22N6. The van der Waals surface area contributed by atoms with E-state index in [-0.39, 0.29) is 0 Å². The number of nitrogens with one attached hydrogen (secondary N) is 1. The Bertz CT molecular complexity index is 411. The van der Waals surface area contributed by atoms with Crippen LogP contribution in [0.5, 0.6) is 0 Å². The van der Waals surface area contributed by atoms with Gasteiger partial charge in [-0.15, -0.1) is 0 Å². The summed E-state index contributed by atoms with van der Waals surface area (Å²) in [4.78, 5) is 13.6. The predicted molar refractivity (Wildman–Crippen MR) is 73.6 cm³/mol. The van der Waals surface area contributed by atoms with Gasteiger partial charge in [-0.3, -0.25) is 0 Å². The molecule has 3 N–H and O–H groups in total. The first kappa shape index (κ1) is 13.0. The Morgan fingerprint density at radius 2 is 1.83 bits per heavy atom. The van der Waals surface area contributed by atoms with Crippen LogP contribution in [0.1, 0.15) is 18.3 Å². The van der Waals surface area contributed by atoms with Crippen LogP contribution < -0.4 is 16.2 Å². The lowest BCUT2D eigenvalue weighted by Gasteiger charge is -2.35. The zero-order valence-corrected chi connectivity index (χ0v) is 11.4. The van der Waals surface area contributed by atoms with Crippen molar-refractivity contribution < 1.29 is 0 Å². The number of aryl methyl sites for hydroxylation is 1. The van der Waals surface area contributed by atoms with Crippen molar-refractivity contribution in [2.24, 2.45) is 5.84 Å². The minimum atomic E-state index is 0.718. The highest BCUT2D eigenvalue weighted by Crippen LogP contribution is 2.23. The SMILES string of the molecule is CCN1CCN(c2nc(C)nc(NN)c2C)CC1. The third kappa shape index (κ3) is 2.54. The average Bonchev–Trinajstić information content (AvgIpc) is 2.41. The Kier molecular flexibility index (Phi) is 3.98. The molecule has 100 valence electrons. The number of nitrogens with two attached hydrogens (primary N) is 1. The monoisotopic (exact) mass is 250 g/mol. The third-order valence-electron chi connectivity index (χ3n) is 3.49. The lowest BCUT2D eigenvalue weighted by molar-refractivity contribution is 0.270. The van der Waals surface area contributed by atoms with Gasteiger partial charge >= 0.3 is 0 Å². The standard InChI is InChI=1S/C12H22N6/c1-4-17-5-7-18(8-6-17)12-9(2)11(16-13)14-10(3)15-12/h4-8,13H2,1-3H3,(H,14,15,16). The fourth-order valence-corrected chi connectivity index (χ4v) is 2.34. The van der Waals surface area contributed by atoms with Crippen LogP contribution in [0.25, 0.3) is 0 Å². The fourth-order valence-electron chi connectivity index (χ4n) is 2.34. The van der Waals surface area contributed by atoms with Gasteiger partial charge in [0, 0.05) is 31.7 Å². The maximum Gasteiger partial charge on any atom is 0.148 e. The normalized spacial score (nSPS) is 17.0. The Hall–Kier alpha value is -1.40. The molecule has 0 aromatic carbocycles. The van der Waals surface area contributed by atoms with Gasteiger partial charge in [0.2, 0.25) is 0 Å². The van der Waals surface area contributed by atoms with Crippen LogP contribution in [-0.4, -0.2) is 47.6 Å². The molecule has 0 radical (unpaired) electrons. The van der Waals surface area contributed by atoms with Gasteiger partial charge in [-0.2, -0.15) is 0 Å². The molecule has 6 heteroatoms. The number of hydrogen-bond acceptors (Lipinski definition) is 6. The molecular weight excluding hydrogens is 228 g/mol. The van der Waals surface area contributed by atoms with Gasteiger partial charge in [0.05, 0.1) is 0 Å². The maximum atomic E-state index is 5.49. The van der Waals surface area contributed by atoms with E-state index in [1.54, 1.807) is 0 Å². The number of hydrogen-bond donors (Lipinski definition) is 2. The Morgan fingerprint density at radius 1 is 1.17 bits per heavy atom. The summed E-state index contributed by atoms with van der Waals surface area (Å²) < 4.78 is 0. The zero-order chi connectivity index (χ0) is 13.1. The van der Waals surface area contributed by atoms with E-state index in [1.807, 2.05) is 13.8 Å². The molecule has 18 heavy (non-hydrogen) atoms. The molecule has 0 saturated carbocycles. The Balaban J connectivity index is 2.21. The van der Waals surface area contributed by atoms with Gasteiger partial charge in [-0.05, 0) is 20.4 Å². The Morgan fingerprint density at radius 3 is 2.39 bits per heavy atom. The van der Waals surface area contributed by atoms with Crippen LogP contribution in [-0.2, 0) is 0 Å². The molecule has 1 aromatic heterocycles. The van der Waals surface area contributed by atoms with Crippen molar-refractivity contribution >= 4 is 11.6 Å². The second kappa shape index (κ2) is 5.49. The van der Waals surface area contributed by atoms with Gasteiger partial charge in [0.1, 0.15) is 17.5 Å². The average molecular weight is 250 g/mol. The number of piperazine rings is 1. The van der Waals surface area contributed by atoms with Crippen molar-refractivity contribution in [1.82, 2.24) is 14.9 Å². The molecule has 1 fully saturated rings. The fraction of sp³-hybridized carbons (Fsp3) is 0.667. The molecule has 2 rings (SSSR count). The molecule has 0 amide bonds. The number of aromatic nitrogens is 2. The summed E-state index contributed by atoms with van der Waals surface area (Å²) in [6, 6.07) is 0. The van der Waals surface area contributed by atoms with Crippen molar-refractivity contribution in [3.8, 4) is 0 Å². The van der Waals surface area contributed by atoms with Crippen molar-refractivity contribution in [3.05, 3.63) is 11.4 Å². The minimum absolute atomic E-state index is 0.718. The molecule has 0 aliphatic carbocycles. The number of anilines is 2. The van der Waals surface area contributed by atoms with Crippen LogP contribution in [0.15, 0.2) is 0 Å². The maximum absolute atomic E-state index is 5.49. The van der Waals surface area contributed by atoms with E-state index in [1.165, 1.54) is 0 Å². The molecule has 0 bridgehead atoms. The third-order valence-corrected chi connectivity index (χ3v) is 3.49. The van der Waals surface area contributed by atoms with E-state index in [0.717, 1.165) is 55.7 Å². The summed E-state index contributed by atoms with van der Waals surface area (Å²) in [7, 11) is 0. The van der Waals surface area contributed by atoms with Gasteiger partial charge in [-0.1, -0.05) is 6.92 Å². The van der Waals surface area contributed by atoms with E-state index >= 15 is 0 Å². The van der Waals surface area contributed by atoms with E-state index in [4.69, 9.17) is 5.84 Å². The van der Waals surface area contributed by atoms with Crippen LogP contribution in [0.3, 0.4) is 0 Å². The topological polar surface area (TPSA) is 70.3 Å². The zero-order valence-electron chi connectivity index (χ0n) is 11.4. The quantitative estimate of drug-likeness (QED) is 0.602. The summed E-state index contributed by atoms with van der Waals surface area (Å²) in [6.45, 7) is 11.4. The van der Waals surface area contributed by atoms with Crippen LogP contribution in [0, 0.1) is 13.8 Å². The first-order chi connectivity index (χ1) is 8.65. The summed E-state index contributed by atoms with van der Waals surface area (Å²) in [5, 5.41) is 0. The van der Waals surface area contributed by atoms with Crippen LogP contribution >= 0.6 is 0 Å². The van der Waals surface area contributed by atoms with Crippen molar-refractivity contribution in [1.29, 1.82) is 0 Å². The summed E-state index contributed by atoms with van der Waals surface area (Å²) >= 11 is 0. The molecule has 0 atom stereocenters. The van der Waals surface area contributed by atoms with E-state index < -0.39 is 0 Å². The predicted octanol–water partition coefficient (Wildman–Crippen LogP) is 0.521. The highest BCUT2D eigenvalue weighted by Gasteiger charge is 2.20. The molecule has 1 aliphatic heterocycles. The van der Waals surface area contributed by atoms with Crippen molar-refractivity contribution in [2.75, 3.05) is 43.0 Å². The molecule has 0 spiro atoms. The number of rotatable bonds is 3. The first-order valence-electron chi connectivity index (χ1n) is 6.44. The number of likely N-dealkylation sites (N-methyl/N-ethyl adjacent to an activating group) is 1. The molecule has 0 unspecified atom stereocenters. The van der Waals surface area contributed by atoms with Gasteiger partial charge in [0.25, 0.3) is 0 Å². The highest BCUT2D eigenvalue weighted by atomic mass is 15.3. The summed E-state index contributed by atoms with van der Waals surface area (Å²) in [5.41, 5.74) is 3.67. The summed E-state index contributed by atoms with van der Waals surface area (Å²) in [5.74, 6) is 7.97. The molecule has 6 nitrogen and oxygen atoms in total.